The molecule has 0 aliphatic heterocycles. The van der Waals surface area contributed by atoms with Gasteiger partial charge in [-0.05, 0) is 60.7 Å². The van der Waals surface area contributed by atoms with Gasteiger partial charge in [-0.1, -0.05) is 11.6 Å². The highest BCUT2D eigenvalue weighted by atomic mass is 35.5. The van der Waals surface area contributed by atoms with Gasteiger partial charge in [-0.15, -0.1) is 0 Å². The molecule has 0 aliphatic rings. The smallest absolute Gasteiger partial charge is 0.323 e. The number of rotatable bonds is 5. The Morgan fingerprint density at radius 1 is 0.897 bits per heavy atom. The fourth-order valence-electron chi connectivity index (χ4n) is 2.57. The Morgan fingerprint density at radius 3 is 2.17 bits per heavy atom. The highest BCUT2D eigenvalue weighted by Crippen LogP contribution is 2.22. The Bertz CT molecular complexity index is 1100. The molecule has 0 saturated heterocycles. The van der Waals surface area contributed by atoms with Gasteiger partial charge in [0.1, 0.15) is 17.9 Å². The summed E-state index contributed by atoms with van der Waals surface area (Å²) in [6, 6.07) is 19.1. The molecule has 2 heterocycles. The summed E-state index contributed by atoms with van der Waals surface area (Å²) >= 11 is 5.84. The largest absolute Gasteiger partial charge is 0.439 e. The van der Waals surface area contributed by atoms with E-state index in [1.807, 2.05) is 29.1 Å². The predicted molar refractivity (Wildman–Crippen MR) is 112 cm³/mol. The number of benzene rings is 2. The van der Waals surface area contributed by atoms with E-state index in [-0.39, 0.29) is 6.03 Å². The molecule has 29 heavy (non-hydrogen) atoms. The number of nitrogens with one attached hydrogen (secondary N) is 2. The minimum atomic E-state index is -0.354. The van der Waals surface area contributed by atoms with Crippen LogP contribution in [0, 0.1) is 0 Å². The molecule has 2 aromatic heterocycles. The second-order valence-electron chi connectivity index (χ2n) is 6.02. The van der Waals surface area contributed by atoms with Crippen LogP contribution in [0.25, 0.3) is 5.82 Å². The lowest BCUT2D eigenvalue weighted by Gasteiger charge is -2.09. The number of hydrogen-bond donors (Lipinski definition) is 2. The Balaban J connectivity index is 1.37. The number of nitrogens with zero attached hydrogens (tertiary/aromatic N) is 3. The van der Waals surface area contributed by atoms with Crippen LogP contribution in [0.15, 0.2) is 85.5 Å². The van der Waals surface area contributed by atoms with Gasteiger partial charge in [0.05, 0.1) is 0 Å². The Morgan fingerprint density at radius 2 is 1.52 bits per heavy atom. The maximum atomic E-state index is 12.1. The zero-order valence-electron chi connectivity index (χ0n) is 15.1. The number of ether oxygens (including phenoxy) is 1. The van der Waals surface area contributed by atoms with Gasteiger partial charge < -0.3 is 19.9 Å². The monoisotopic (exact) mass is 405 g/mol. The van der Waals surface area contributed by atoms with E-state index in [0.717, 1.165) is 0 Å². The predicted octanol–water partition coefficient (Wildman–Crippen LogP) is 5.36. The van der Waals surface area contributed by atoms with Crippen LogP contribution in [-0.4, -0.2) is 20.6 Å². The fraction of sp³-hybridized carbons (Fsp3) is 0. The number of halogens is 1. The van der Waals surface area contributed by atoms with Crippen LogP contribution in [0.3, 0.4) is 0 Å². The second kappa shape index (κ2) is 8.45. The van der Waals surface area contributed by atoms with E-state index in [0.29, 0.717) is 33.8 Å². The summed E-state index contributed by atoms with van der Waals surface area (Å²) in [7, 11) is 0. The van der Waals surface area contributed by atoms with Crippen LogP contribution in [0.5, 0.6) is 11.6 Å². The maximum Gasteiger partial charge on any atom is 0.323 e. The summed E-state index contributed by atoms with van der Waals surface area (Å²) < 4.78 is 7.64. The van der Waals surface area contributed by atoms with Crippen molar-refractivity contribution in [3.05, 3.63) is 90.5 Å². The average molecular weight is 406 g/mol. The third-order valence-corrected chi connectivity index (χ3v) is 4.19. The van der Waals surface area contributed by atoms with Crippen molar-refractivity contribution in [2.75, 3.05) is 10.6 Å². The molecule has 2 N–H and O–H groups in total. The normalized spacial score (nSPS) is 10.4. The molecule has 2 amide bonds. The van der Waals surface area contributed by atoms with Crippen LogP contribution in [-0.2, 0) is 0 Å². The summed E-state index contributed by atoms with van der Waals surface area (Å²) in [5.74, 6) is 1.72. The summed E-state index contributed by atoms with van der Waals surface area (Å²) in [4.78, 5) is 20.4. The topological polar surface area (TPSA) is 81.1 Å². The van der Waals surface area contributed by atoms with Crippen LogP contribution in [0.1, 0.15) is 0 Å². The van der Waals surface area contributed by atoms with E-state index < -0.39 is 0 Å². The third-order valence-electron chi connectivity index (χ3n) is 3.93. The molecule has 0 unspecified atom stereocenters. The number of urea groups is 1. The molecule has 0 radical (unpaired) electrons. The zero-order valence-corrected chi connectivity index (χ0v) is 15.9. The first-order valence-corrected chi connectivity index (χ1v) is 9.10. The Kier molecular flexibility index (Phi) is 5.40. The molecule has 0 saturated carbocycles. The van der Waals surface area contributed by atoms with Crippen LogP contribution in [0.2, 0.25) is 5.02 Å². The second-order valence-corrected chi connectivity index (χ2v) is 6.45. The quantitative estimate of drug-likeness (QED) is 0.468. The molecule has 4 rings (SSSR count). The van der Waals surface area contributed by atoms with Crippen molar-refractivity contribution in [2.24, 2.45) is 0 Å². The van der Waals surface area contributed by atoms with Crippen molar-refractivity contribution >= 4 is 29.0 Å². The summed E-state index contributed by atoms with van der Waals surface area (Å²) in [6.45, 7) is 0. The molecular weight excluding hydrogens is 390 g/mol. The lowest BCUT2D eigenvalue weighted by molar-refractivity contribution is 0.262. The minimum absolute atomic E-state index is 0.354. The van der Waals surface area contributed by atoms with Gasteiger partial charge in [0.15, 0.2) is 0 Å². The molecule has 8 heteroatoms. The van der Waals surface area contributed by atoms with Gasteiger partial charge >= 0.3 is 6.03 Å². The van der Waals surface area contributed by atoms with E-state index in [1.165, 1.54) is 6.33 Å². The van der Waals surface area contributed by atoms with Gasteiger partial charge in [-0.25, -0.2) is 14.8 Å². The van der Waals surface area contributed by atoms with Crippen molar-refractivity contribution in [3.8, 4) is 17.4 Å². The van der Waals surface area contributed by atoms with Gasteiger partial charge in [-0.3, -0.25) is 0 Å². The van der Waals surface area contributed by atoms with Crippen LogP contribution in [0.4, 0.5) is 16.2 Å². The number of carbonyl (C=O) groups excluding carboxylic acids is 1. The van der Waals surface area contributed by atoms with Crippen molar-refractivity contribution in [1.29, 1.82) is 0 Å². The first-order chi connectivity index (χ1) is 14.2. The highest BCUT2D eigenvalue weighted by Gasteiger charge is 2.05. The summed E-state index contributed by atoms with van der Waals surface area (Å²) in [5, 5.41) is 6.10. The van der Waals surface area contributed by atoms with Crippen LogP contribution >= 0.6 is 11.6 Å². The van der Waals surface area contributed by atoms with Crippen LogP contribution < -0.4 is 15.4 Å². The average Bonchev–Trinajstić information content (AvgIpc) is 3.26. The molecule has 7 nitrogen and oxygen atoms in total. The summed E-state index contributed by atoms with van der Waals surface area (Å²) in [5.41, 5.74) is 1.27. The molecule has 0 aliphatic carbocycles. The van der Waals surface area contributed by atoms with E-state index in [4.69, 9.17) is 16.3 Å². The summed E-state index contributed by atoms with van der Waals surface area (Å²) in [6.07, 6.45) is 5.23. The maximum absolute atomic E-state index is 12.1. The number of hydrogen-bond acceptors (Lipinski definition) is 4. The standard InChI is InChI=1S/C21H16ClN5O2/c22-15-3-5-16(6-4-15)25-21(28)26-17-7-9-18(10-8-17)29-20-13-19(23-14-24-20)27-11-1-2-12-27/h1-14H,(H2,25,26,28). The molecule has 0 fully saturated rings. The third kappa shape index (κ3) is 4.91. The number of amides is 2. The zero-order chi connectivity index (χ0) is 20.1. The Labute approximate surface area is 172 Å². The van der Waals surface area contributed by atoms with Crippen molar-refractivity contribution in [2.45, 2.75) is 0 Å². The van der Waals surface area contributed by atoms with Crippen molar-refractivity contribution in [1.82, 2.24) is 14.5 Å². The number of anilines is 2. The van der Waals surface area contributed by atoms with Gasteiger partial charge in [0, 0.05) is 34.9 Å². The van der Waals surface area contributed by atoms with E-state index in [9.17, 15) is 4.79 Å². The lowest BCUT2D eigenvalue weighted by atomic mass is 10.3. The molecule has 0 bridgehead atoms. The Hall–Kier alpha value is -3.84. The number of aromatic nitrogens is 3. The number of carbonyl (C=O) groups is 1. The fourth-order valence-corrected chi connectivity index (χ4v) is 2.69. The molecule has 0 atom stereocenters. The SMILES string of the molecule is O=C(Nc1ccc(Cl)cc1)Nc1ccc(Oc2cc(-n3cccc3)ncn2)cc1. The lowest BCUT2D eigenvalue weighted by Crippen LogP contribution is -2.19. The molecular formula is C21H16ClN5O2. The van der Waals surface area contributed by atoms with Gasteiger partial charge in [-0.2, -0.15) is 0 Å². The first kappa shape index (κ1) is 18.5. The molecule has 2 aromatic carbocycles. The van der Waals surface area contributed by atoms with Gasteiger partial charge in [0.2, 0.25) is 5.88 Å². The highest BCUT2D eigenvalue weighted by molar-refractivity contribution is 6.30. The van der Waals surface area contributed by atoms with E-state index >= 15 is 0 Å². The van der Waals surface area contributed by atoms with E-state index in [2.05, 4.69) is 20.6 Å². The minimum Gasteiger partial charge on any atom is -0.439 e. The van der Waals surface area contributed by atoms with Gasteiger partial charge in [0.25, 0.3) is 0 Å². The molecule has 0 spiro atoms. The van der Waals surface area contributed by atoms with Crippen molar-refractivity contribution < 1.29 is 9.53 Å². The van der Waals surface area contributed by atoms with Crippen molar-refractivity contribution in [3.63, 3.8) is 0 Å². The first-order valence-electron chi connectivity index (χ1n) is 8.73. The van der Waals surface area contributed by atoms with E-state index in [1.54, 1.807) is 54.6 Å². The molecule has 4 aromatic rings. The molecule has 144 valence electrons.